The summed E-state index contributed by atoms with van der Waals surface area (Å²) in [6, 6.07) is -1.03. The second-order valence-corrected chi connectivity index (χ2v) is 18.9. The van der Waals surface area contributed by atoms with E-state index in [0.717, 1.165) is 77.0 Å². The van der Waals surface area contributed by atoms with Crippen molar-refractivity contribution in [1.82, 2.24) is 5.32 Å². The molecular weight excluding hydrogens is 847 g/mol. The first-order valence-electron chi connectivity index (χ1n) is 27.4. The first kappa shape index (κ1) is 62.6. The Labute approximate surface area is 408 Å². The number of aliphatic hydroxyl groups excluding tert-OH is 5. The lowest BCUT2D eigenvalue weighted by molar-refractivity contribution is -0.305. The molecular formula is C56H101NO10. The molecule has 1 aliphatic rings. The van der Waals surface area contributed by atoms with Gasteiger partial charge in [0.25, 0.3) is 0 Å². The maximum Gasteiger partial charge on any atom is 0.306 e. The lowest BCUT2D eigenvalue weighted by Crippen LogP contribution is -2.61. The molecule has 0 spiro atoms. The SMILES string of the molecule is CC/C=C/C/C=C/C/C=C/CCCCCC(O)C(=O)NC(COC1OC(CO)C(O)C(O)C1OC(=O)CCCCCCCCCCCCCCCC)C(O)/C=C/CCCCCCCCCCC. The van der Waals surface area contributed by atoms with Crippen LogP contribution in [-0.2, 0) is 23.8 Å². The highest BCUT2D eigenvalue weighted by Gasteiger charge is 2.47. The molecule has 1 rings (SSSR count). The molecule has 8 unspecified atom stereocenters. The zero-order valence-corrected chi connectivity index (χ0v) is 42.8. The predicted molar refractivity (Wildman–Crippen MR) is 273 cm³/mol. The molecule has 67 heavy (non-hydrogen) atoms. The summed E-state index contributed by atoms with van der Waals surface area (Å²) < 4.78 is 17.5. The molecule has 1 fully saturated rings. The number of rotatable bonds is 45. The quantitative estimate of drug-likeness (QED) is 0.0196. The molecule has 6 N–H and O–H groups in total. The number of carbonyl (C=O) groups is 2. The topological polar surface area (TPSA) is 175 Å². The highest BCUT2D eigenvalue weighted by atomic mass is 16.7. The van der Waals surface area contributed by atoms with Gasteiger partial charge in [-0.2, -0.15) is 0 Å². The second-order valence-electron chi connectivity index (χ2n) is 18.9. The van der Waals surface area contributed by atoms with Crippen LogP contribution in [0.25, 0.3) is 0 Å². The summed E-state index contributed by atoms with van der Waals surface area (Å²) in [6.07, 6.45) is 41.6. The van der Waals surface area contributed by atoms with Crippen molar-refractivity contribution in [1.29, 1.82) is 0 Å². The van der Waals surface area contributed by atoms with Crippen molar-refractivity contribution in [3.8, 4) is 0 Å². The first-order chi connectivity index (χ1) is 32.7. The number of hydrogen-bond donors (Lipinski definition) is 6. The highest BCUT2D eigenvalue weighted by molar-refractivity contribution is 5.80. The first-order valence-corrected chi connectivity index (χ1v) is 27.4. The molecule has 0 bridgehead atoms. The van der Waals surface area contributed by atoms with Crippen molar-refractivity contribution in [2.75, 3.05) is 13.2 Å². The molecule has 8 atom stereocenters. The molecule has 11 heteroatoms. The Balaban J connectivity index is 2.76. The van der Waals surface area contributed by atoms with Crippen LogP contribution in [0.3, 0.4) is 0 Å². The van der Waals surface area contributed by atoms with Crippen LogP contribution in [0.5, 0.6) is 0 Å². The van der Waals surface area contributed by atoms with Gasteiger partial charge in [-0.25, -0.2) is 0 Å². The number of ether oxygens (including phenoxy) is 3. The monoisotopic (exact) mass is 948 g/mol. The molecule has 1 aliphatic heterocycles. The summed E-state index contributed by atoms with van der Waals surface area (Å²) in [6.45, 7) is 5.63. The number of amides is 1. The molecule has 0 aromatic rings. The van der Waals surface area contributed by atoms with Gasteiger partial charge in [0.1, 0.15) is 24.4 Å². The number of allylic oxidation sites excluding steroid dienone is 7. The van der Waals surface area contributed by atoms with Crippen molar-refractivity contribution in [2.45, 2.75) is 282 Å². The van der Waals surface area contributed by atoms with E-state index in [1.165, 1.54) is 109 Å². The minimum Gasteiger partial charge on any atom is -0.454 e. The molecule has 0 aliphatic carbocycles. The van der Waals surface area contributed by atoms with Gasteiger partial charge in [-0.1, -0.05) is 217 Å². The van der Waals surface area contributed by atoms with E-state index < -0.39 is 67.4 Å². The van der Waals surface area contributed by atoms with E-state index in [1.807, 2.05) is 6.08 Å². The van der Waals surface area contributed by atoms with Crippen molar-refractivity contribution < 1.29 is 49.3 Å². The second kappa shape index (κ2) is 44.8. The Morgan fingerprint density at radius 2 is 1.07 bits per heavy atom. The average molecular weight is 948 g/mol. The molecule has 0 saturated carbocycles. The van der Waals surface area contributed by atoms with Crippen LogP contribution >= 0.6 is 0 Å². The predicted octanol–water partition coefficient (Wildman–Crippen LogP) is 11.7. The van der Waals surface area contributed by atoms with Gasteiger partial charge in [0.15, 0.2) is 12.4 Å². The van der Waals surface area contributed by atoms with Gasteiger partial charge in [0, 0.05) is 6.42 Å². The van der Waals surface area contributed by atoms with Crippen LogP contribution < -0.4 is 5.32 Å². The van der Waals surface area contributed by atoms with Gasteiger partial charge < -0.3 is 45.1 Å². The van der Waals surface area contributed by atoms with Crippen LogP contribution in [0, 0.1) is 0 Å². The molecule has 0 aromatic heterocycles. The summed E-state index contributed by atoms with van der Waals surface area (Å²) in [7, 11) is 0. The maximum absolute atomic E-state index is 13.3. The molecule has 1 heterocycles. The van der Waals surface area contributed by atoms with Crippen molar-refractivity contribution in [3.05, 3.63) is 48.6 Å². The fourth-order valence-electron chi connectivity index (χ4n) is 8.37. The summed E-state index contributed by atoms with van der Waals surface area (Å²) in [5.74, 6) is -1.22. The van der Waals surface area contributed by atoms with Gasteiger partial charge in [0.2, 0.25) is 5.91 Å². The van der Waals surface area contributed by atoms with Gasteiger partial charge >= 0.3 is 5.97 Å². The number of esters is 1. The van der Waals surface area contributed by atoms with E-state index in [0.29, 0.717) is 12.8 Å². The van der Waals surface area contributed by atoms with Crippen LogP contribution in [0.15, 0.2) is 48.6 Å². The summed E-state index contributed by atoms with van der Waals surface area (Å²) >= 11 is 0. The molecule has 390 valence electrons. The van der Waals surface area contributed by atoms with Crippen molar-refractivity contribution in [2.24, 2.45) is 0 Å². The number of carbonyl (C=O) groups excluding carboxylic acids is 2. The van der Waals surface area contributed by atoms with Gasteiger partial charge in [-0.05, 0) is 57.8 Å². The standard InChI is InChI=1S/C56H101NO10/c1-4-7-10-13-16-19-22-24-26-29-32-35-38-41-44-51(61)67-54-53(63)52(62)50(45-58)66-56(54)65-46-47(48(59)42-39-36-33-30-27-21-18-15-12-9-6-3)57-55(64)49(60)43-40-37-34-31-28-25-23-20-17-14-11-8-5-2/h8,11,17,20,25,28,39,42,47-50,52-54,56,58-60,62-63H,4-7,9-10,12-16,18-19,21-24,26-27,29-38,40-41,43-46H2,1-3H3,(H,57,64)/b11-8+,20-17+,28-25+,42-39+. The van der Waals surface area contributed by atoms with Crippen LogP contribution in [0.1, 0.15) is 233 Å². The van der Waals surface area contributed by atoms with Crippen LogP contribution in [0.2, 0.25) is 0 Å². The average Bonchev–Trinajstić information content (AvgIpc) is 3.32. The summed E-state index contributed by atoms with van der Waals surface area (Å²) in [5, 5.41) is 56.6. The van der Waals surface area contributed by atoms with E-state index in [9.17, 15) is 35.1 Å². The van der Waals surface area contributed by atoms with Crippen molar-refractivity contribution in [3.63, 3.8) is 0 Å². The Bertz CT molecular complexity index is 1270. The molecule has 1 saturated heterocycles. The molecule has 0 radical (unpaired) electrons. The normalized spacial score (nSPS) is 20.4. The summed E-state index contributed by atoms with van der Waals surface area (Å²) in [4.78, 5) is 26.4. The minimum absolute atomic E-state index is 0.123. The van der Waals surface area contributed by atoms with E-state index in [4.69, 9.17) is 14.2 Å². The number of unbranched alkanes of at least 4 members (excludes halogenated alkanes) is 25. The lowest BCUT2D eigenvalue weighted by Gasteiger charge is -2.41. The van der Waals surface area contributed by atoms with Crippen LogP contribution in [-0.4, -0.2) is 99.6 Å². The number of nitrogens with one attached hydrogen (secondary N) is 1. The lowest BCUT2D eigenvalue weighted by atomic mass is 9.99. The Kier molecular flexibility index (Phi) is 41.9. The Hall–Kier alpha value is -2.38. The number of hydrogen-bond acceptors (Lipinski definition) is 10. The third kappa shape index (κ3) is 33.7. The van der Waals surface area contributed by atoms with E-state index in [-0.39, 0.29) is 19.4 Å². The van der Waals surface area contributed by atoms with Gasteiger partial charge in [0.05, 0.1) is 25.4 Å². The third-order valence-electron chi connectivity index (χ3n) is 12.7. The highest BCUT2D eigenvalue weighted by Crippen LogP contribution is 2.26. The zero-order valence-electron chi connectivity index (χ0n) is 42.8. The fraction of sp³-hybridized carbons (Fsp3) is 0.821. The third-order valence-corrected chi connectivity index (χ3v) is 12.7. The minimum atomic E-state index is -1.61. The van der Waals surface area contributed by atoms with E-state index in [1.54, 1.807) is 6.08 Å². The number of aliphatic hydroxyl groups is 5. The smallest absolute Gasteiger partial charge is 0.306 e. The van der Waals surface area contributed by atoms with Crippen molar-refractivity contribution >= 4 is 11.9 Å². The molecule has 1 amide bonds. The molecule has 11 nitrogen and oxygen atoms in total. The Morgan fingerprint density at radius 1 is 0.597 bits per heavy atom. The van der Waals surface area contributed by atoms with Gasteiger partial charge in [-0.15, -0.1) is 0 Å². The largest absolute Gasteiger partial charge is 0.454 e. The molecule has 0 aromatic carbocycles. The Morgan fingerprint density at radius 3 is 1.61 bits per heavy atom. The van der Waals surface area contributed by atoms with Gasteiger partial charge in [-0.3, -0.25) is 9.59 Å². The van der Waals surface area contributed by atoms with E-state index in [2.05, 4.69) is 62.5 Å². The zero-order chi connectivity index (χ0) is 49.0. The van der Waals surface area contributed by atoms with E-state index >= 15 is 0 Å². The maximum atomic E-state index is 13.3. The fourth-order valence-corrected chi connectivity index (χ4v) is 8.37. The van der Waals surface area contributed by atoms with Crippen LogP contribution in [0.4, 0.5) is 0 Å². The summed E-state index contributed by atoms with van der Waals surface area (Å²) in [5.41, 5.74) is 0.